The molecule has 106 valence electrons. The number of hydrogen-bond donors (Lipinski definition) is 2. The summed E-state index contributed by atoms with van der Waals surface area (Å²) in [5.41, 5.74) is 6.34. The molecular formula is C14H14N6O. The largest absolute Gasteiger partial charge is 0.383 e. The van der Waals surface area contributed by atoms with E-state index in [1.54, 1.807) is 17.1 Å². The van der Waals surface area contributed by atoms with Gasteiger partial charge in [0, 0.05) is 24.3 Å². The molecule has 0 unspecified atom stereocenters. The zero-order chi connectivity index (χ0) is 14.7. The Hall–Kier alpha value is -2.96. The molecule has 0 fully saturated rings. The minimum Gasteiger partial charge on any atom is -0.383 e. The predicted molar refractivity (Wildman–Crippen MR) is 78.5 cm³/mol. The molecule has 3 rings (SSSR count). The number of pyridine rings is 1. The van der Waals surface area contributed by atoms with Crippen molar-refractivity contribution in [2.24, 2.45) is 0 Å². The van der Waals surface area contributed by atoms with Gasteiger partial charge in [0.25, 0.3) is 5.91 Å². The van der Waals surface area contributed by atoms with Gasteiger partial charge in [0.1, 0.15) is 5.82 Å². The van der Waals surface area contributed by atoms with Crippen molar-refractivity contribution in [1.82, 2.24) is 25.3 Å². The molecule has 0 spiro atoms. The molecule has 0 bridgehead atoms. The Morgan fingerprint density at radius 3 is 2.86 bits per heavy atom. The summed E-state index contributed by atoms with van der Waals surface area (Å²) in [5.74, 6) is 0.239. The predicted octanol–water partition coefficient (Wildman–Crippen LogP) is 0.838. The first kappa shape index (κ1) is 13.0. The smallest absolute Gasteiger partial charge is 0.253 e. The minimum absolute atomic E-state index is 0.182. The summed E-state index contributed by atoms with van der Waals surface area (Å²) in [7, 11) is 0. The van der Waals surface area contributed by atoms with Gasteiger partial charge in [-0.2, -0.15) is 0 Å². The van der Waals surface area contributed by atoms with Crippen molar-refractivity contribution in [3.8, 4) is 0 Å². The third-order valence-corrected chi connectivity index (χ3v) is 3.17. The van der Waals surface area contributed by atoms with E-state index in [1.165, 1.54) is 6.20 Å². The fourth-order valence-corrected chi connectivity index (χ4v) is 2.13. The van der Waals surface area contributed by atoms with E-state index in [9.17, 15) is 4.79 Å². The first-order valence-electron chi connectivity index (χ1n) is 6.51. The Bertz CT molecular complexity index is 768. The fraction of sp³-hybridized carbons (Fsp3) is 0.143. The van der Waals surface area contributed by atoms with Crippen LogP contribution in [0.5, 0.6) is 0 Å². The normalized spacial score (nSPS) is 10.7. The lowest BCUT2D eigenvalue weighted by Crippen LogP contribution is -2.27. The number of nitrogens with two attached hydrogens (primary N) is 1. The average molecular weight is 282 g/mol. The highest BCUT2D eigenvalue weighted by molar-refractivity contribution is 6.08. The molecule has 7 heteroatoms. The number of carbonyl (C=O) groups is 1. The van der Waals surface area contributed by atoms with Gasteiger partial charge in [-0.25, -0.2) is 4.98 Å². The van der Waals surface area contributed by atoms with Crippen LogP contribution in [0.4, 0.5) is 5.82 Å². The van der Waals surface area contributed by atoms with Crippen LogP contribution in [0.15, 0.2) is 42.9 Å². The maximum absolute atomic E-state index is 12.3. The van der Waals surface area contributed by atoms with Crippen LogP contribution in [-0.2, 0) is 6.54 Å². The van der Waals surface area contributed by atoms with E-state index in [0.29, 0.717) is 24.5 Å². The highest BCUT2D eigenvalue weighted by Crippen LogP contribution is 2.22. The van der Waals surface area contributed by atoms with E-state index in [1.807, 2.05) is 24.3 Å². The van der Waals surface area contributed by atoms with Gasteiger partial charge < -0.3 is 11.1 Å². The van der Waals surface area contributed by atoms with Crippen LogP contribution < -0.4 is 11.1 Å². The molecule has 3 N–H and O–H groups in total. The van der Waals surface area contributed by atoms with E-state index < -0.39 is 0 Å². The Kier molecular flexibility index (Phi) is 3.46. The maximum atomic E-state index is 12.3. The van der Waals surface area contributed by atoms with Crippen LogP contribution in [0, 0.1) is 0 Å². The van der Waals surface area contributed by atoms with Crippen LogP contribution in [0.3, 0.4) is 0 Å². The van der Waals surface area contributed by atoms with Gasteiger partial charge in [-0.1, -0.05) is 29.5 Å². The van der Waals surface area contributed by atoms with Gasteiger partial charge in [0.05, 0.1) is 18.3 Å². The summed E-state index contributed by atoms with van der Waals surface area (Å²) in [6.45, 7) is 1.02. The molecule has 2 aromatic heterocycles. The Labute approximate surface area is 120 Å². The standard InChI is InChI=1S/C14H14N6O/c15-13-11-4-2-1-3-10(11)12(9-17-13)14(21)16-5-7-20-8-6-18-19-20/h1-4,6,8-9H,5,7H2,(H2,15,17)(H,16,21). The van der Waals surface area contributed by atoms with Crippen molar-refractivity contribution >= 4 is 22.5 Å². The number of carbonyl (C=O) groups excluding carboxylic acids is 1. The lowest BCUT2D eigenvalue weighted by molar-refractivity contribution is 0.0953. The second kappa shape index (κ2) is 5.58. The van der Waals surface area contributed by atoms with Gasteiger partial charge in [-0.3, -0.25) is 9.48 Å². The molecule has 0 aliphatic heterocycles. The van der Waals surface area contributed by atoms with Crippen molar-refractivity contribution in [1.29, 1.82) is 0 Å². The average Bonchev–Trinajstić information content (AvgIpc) is 3.01. The zero-order valence-corrected chi connectivity index (χ0v) is 11.2. The number of nitrogens with zero attached hydrogens (tertiary/aromatic N) is 4. The van der Waals surface area contributed by atoms with Crippen molar-refractivity contribution in [2.75, 3.05) is 12.3 Å². The summed E-state index contributed by atoms with van der Waals surface area (Å²) >= 11 is 0. The highest BCUT2D eigenvalue weighted by atomic mass is 16.1. The van der Waals surface area contributed by atoms with Crippen LogP contribution in [0.1, 0.15) is 10.4 Å². The summed E-state index contributed by atoms with van der Waals surface area (Å²) < 4.78 is 1.65. The monoisotopic (exact) mass is 282 g/mol. The molecule has 3 aromatic rings. The van der Waals surface area contributed by atoms with Gasteiger partial charge in [0.15, 0.2) is 0 Å². The summed E-state index contributed by atoms with van der Waals surface area (Å²) in [4.78, 5) is 16.3. The molecule has 0 atom stereocenters. The number of hydrogen-bond acceptors (Lipinski definition) is 5. The Morgan fingerprint density at radius 2 is 2.10 bits per heavy atom. The lowest BCUT2D eigenvalue weighted by atomic mass is 10.1. The van der Waals surface area contributed by atoms with Crippen LogP contribution in [0.25, 0.3) is 10.8 Å². The topological polar surface area (TPSA) is 98.7 Å². The second-order valence-corrected chi connectivity index (χ2v) is 4.52. The van der Waals surface area contributed by atoms with Crippen molar-refractivity contribution in [3.63, 3.8) is 0 Å². The van der Waals surface area contributed by atoms with Crippen molar-refractivity contribution < 1.29 is 4.79 Å². The maximum Gasteiger partial charge on any atom is 0.253 e. The quantitative estimate of drug-likeness (QED) is 0.738. The van der Waals surface area contributed by atoms with Gasteiger partial charge >= 0.3 is 0 Å². The molecule has 0 aliphatic carbocycles. The number of rotatable bonds is 4. The fourth-order valence-electron chi connectivity index (χ4n) is 2.13. The van der Waals surface area contributed by atoms with E-state index in [-0.39, 0.29) is 5.91 Å². The Morgan fingerprint density at radius 1 is 1.29 bits per heavy atom. The van der Waals surface area contributed by atoms with Crippen LogP contribution in [-0.4, -0.2) is 32.4 Å². The molecule has 7 nitrogen and oxygen atoms in total. The van der Waals surface area contributed by atoms with E-state index in [4.69, 9.17) is 5.73 Å². The number of anilines is 1. The van der Waals surface area contributed by atoms with Gasteiger partial charge in [-0.15, -0.1) is 5.10 Å². The molecule has 1 amide bonds. The molecule has 0 saturated carbocycles. The van der Waals surface area contributed by atoms with Gasteiger partial charge in [0.2, 0.25) is 0 Å². The zero-order valence-electron chi connectivity index (χ0n) is 11.2. The molecule has 2 heterocycles. The number of nitrogen functional groups attached to an aromatic ring is 1. The molecular weight excluding hydrogens is 268 g/mol. The molecule has 1 aromatic carbocycles. The third-order valence-electron chi connectivity index (χ3n) is 3.17. The van der Waals surface area contributed by atoms with Gasteiger partial charge in [-0.05, 0) is 5.39 Å². The summed E-state index contributed by atoms with van der Waals surface area (Å²) in [6.07, 6.45) is 4.84. The molecule has 21 heavy (non-hydrogen) atoms. The van der Waals surface area contributed by atoms with Crippen LogP contribution in [0.2, 0.25) is 0 Å². The number of benzene rings is 1. The first-order valence-corrected chi connectivity index (χ1v) is 6.51. The minimum atomic E-state index is -0.182. The van der Waals surface area contributed by atoms with E-state index in [0.717, 1.165) is 10.8 Å². The van der Waals surface area contributed by atoms with E-state index >= 15 is 0 Å². The molecule has 0 aliphatic rings. The number of aromatic nitrogens is 4. The number of nitrogens with one attached hydrogen (secondary N) is 1. The third kappa shape index (κ3) is 2.66. The lowest BCUT2D eigenvalue weighted by Gasteiger charge is -2.09. The number of fused-ring (bicyclic) bond motifs is 1. The SMILES string of the molecule is Nc1ncc(C(=O)NCCn2ccnn2)c2ccccc12. The molecule has 0 saturated heterocycles. The van der Waals surface area contributed by atoms with Crippen molar-refractivity contribution in [2.45, 2.75) is 6.54 Å². The van der Waals surface area contributed by atoms with Crippen LogP contribution >= 0.6 is 0 Å². The number of amides is 1. The second-order valence-electron chi connectivity index (χ2n) is 4.52. The highest BCUT2D eigenvalue weighted by Gasteiger charge is 2.11. The summed E-state index contributed by atoms with van der Waals surface area (Å²) in [6, 6.07) is 7.45. The van der Waals surface area contributed by atoms with Crippen molar-refractivity contribution in [3.05, 3.63) is 48.4 Å². The molecule has 0 radical (unpaired) electrons. The van der Waals surface area contributed by atoms with E-state index in [2.05, 4.69) is 20.6 Å². The summed E-state index contributed by atoms with van der Waals surface area (Å²) in [5, 5.41) is 12.0. The first-order chi connectivity index (χ1) is 10.3. The Balaban J connectivity index is 1.77.